The van der Waals surface area contributed by atoms with Crippen molar-refractivity contribution in [1.82, 2.24) is 5.32 Å². The van der Waals surface area contributed by atoms with Gasteiger partial charge in [0, 0.05) is 24.2 Å². The molecule has 0 saturated heterocycles. The molecule has 17 heavy (non-hydrogen) atoms. The Labute approximate surface area is 101 Å². The minimum atomic E-state index is -0.742. The number of aliphatic hydroxyl groups excluding tert-OH is 1. The number of benzene rings is 1. The van der Waals surface area contributed by atoms with Gasteiger partial charge in [0.15, 0.2) is 0 Å². The van der Waals surface area contributed by atoms with Crippen LogP contribution >= 0.6 is 0 Å². The molecule has 0 heterocycles. The van der Waals surface area contributed by atoms with Crippen molar-refractivity contribution in [2.24, 2.45) is 0 Å². The number of rotatable bonds is 4. The molecular weight excluding hydrogens is 220 g/mol. The fourth-order valence-electron chi connectivity index (χ4n) is 1.37. The fraction of sp³-hybridized carbons (Fsp3) is 0.500. The van der Waals surface area contributed by atoms with Gasteiger partial charge in [-0.25, -0.2) is 0 Å². The van der Waals surface area contributed by atoms with Gasteiger partial charge in [-0.2, -0.15) is 0 Å². The second kappa shape index (κ2) is 5.25. The van der Waals surface area contributed by atoms with Gasteiger partial charge in [0.1, 0.15) is 0 Å². The van der Waals surface area contributed by atoms with Gasteiger partial charge >= 0.3 is 0 Å². The highest BCUT2D eigenvalue weighted by atomic mass is 16.6. The summed E-state index contributed by atoms with van der Waals surface area (Å²) in [7, 11) is 0. The highest BCUT2D eigenvalue weighted by molar-refractivity contribution is 5.35. The van der Waals surface area contributed by atoms with E-state index in [1.54, 1.807) is 12.1 Å². The van der Waals surface area contributed by atoms with Crippen molar-refractivity contribution in [1.29, 1.82) is 0 Å². The Kier molecular flexibility index (Phi) is 4.20. The lowest BCUT2D eigenvalue weighted by atomic mass is 10.1. The second-order valence-electron chi connectivity index (χ2n) is 5.00. The van der Waals surface area contributed by atoms with Crippen LogP contribution in [-0.4, -0.2) is 22.1 Å². The van der Waals surface area contributed by atoms with Gasteiger partial charge in [-0.3, -0.25) is 10.1 Å². The van der Waals surface area contributed by atoms with E-state index >= 15 is 0 Å². The molecule has 0 aliphatic carbocycles. The smallest absolute Gasteiger partial charge is 0.269 e. The predicted octanol–water partition coefficient (Wildman–Crippen LogP) is 2.02. The van der Waals surface area contributed by atoms with Crippen LogP contribution in [0, 0.1) is 10.1 Å². The standard InChI is InChI=1S/C12H18N2O3/c1-12(2,3)13-8-11(15)9-5-4-6-10(7-9)14(16)17/h4-7,11,13,15H,8H2,1-3H3/t11-/m1/s1. The number of hydrogen-bond acceptors (Lipinski definition) is 4. The van der Waals surface area contributed by atoms with Crippen molar-refractivity contribution < 1.29 is 10.0 Å². The van der Waals surface area contributed by atoms with Gasteiger partial charge < -0.3 is 10.4 Å². The molecular formula is C12H18N2O3. The Balaban J connectivity index is 2.72. The average Bonchev–Trinajstić information content (AvgIpc) is 2.25. The van der Waals surface area contributed by atoms with E-state index in [1.807, 2.05) is 20.8 Å². The van der Waals surface area contributed by atoms with E-state index in [1.165, 1.54) is 12.1 Å². The Bertz CT molecular complexity index is 399. The average molecular weight is 238 g/mol. The lowest BCUT2D eigenvalue weighted by molar-refractivity contribution is -0.385. The van der Waals surface area contributed by atoms with Crippen molar-refractivity contribution in [3.05, 3.63) is 39.9 Å². The molecule has 0 spiro atoms. The number of nitro groups is 1. The molecule has 0 bridgehead atoms. The van der Waals surface area contributed by atoms with Crippen molar-refractivity contribution in [3.8, 4) is 0 Å². The third kappa shape index (κ3) is 4.50. The highest BCUT2D eigenvalue weighted by Gasteiger charge is 2.15. The van der Waals surface area contributed by atoms with Crippen molar-refractivity contribution in [2.75, 3.05) is 6.54 Å². The highest BCUT2D eigenvalue weighted by Crippen LogP contribution is 2.19. The monoisotopic (exact) mass is 238 g/mol. The maximum atomic E-state index is 10.6. The third-order valence-electron chi connectivity index (χ3n) is 2.29. The minimum Gasteiger partial charge on any atom is -0.387 e. The summed E-state index contributed by atoms with van der Waals surface area (Å²) in [6, 6.07) is 6.07. The van der Waals surface area contributed by atoms with E-state index in [4.69, 9.17) is 0 Å². The normalized spacial score (nSPS) is 13.4. The Morgan fingerprint density at radius 2 is 2.12 bits per heavy atom. The number of nitrogens with zero attached hydrogens (tertiary/aromatic N) is 1. The van der Waals surface area contributed by atoms with Crippen molar-refractivity contribution in [2.45, 2.75) is 32.4 Å². The molecule has 1 rings (SSSR count). The van der Waals surface area contributed by atoms with E-state index in [2.05, 4.69) is 5.32 Å². The number of β-amino-alcohol motifs (C(OH)–C–C–N with tert-alkyl or cyclic N) is 1. The zero-order valence-corrected chi connectivity index (χ0v) is 10.3. The molecule has 1 aromatic carbocycles. The predicted molar refractivity (Wildman–Crippen MR) is 65.8 cm³/mol. The van der Waals surface area contributed by atoms with E-state index in [0.29, 0.717) is 12.1 Å². The first kappa shape index (κ1) is 13.6. The molecule has 0 amide bonds. The maximum Gasteiger partial charge on any atom is 0.269 e. The fourth-order valence-corrected chi connectivity index (χ4v) is 1.37. The molecule has 2 N–H and O–H groups in total. The molecule has 0 aliphatic heterocycles. The molecule has 0 aromatic heterocycles. The molecule has 1 atom stereocenters. The lowest BCUT2D eigenvalue weighted by Gasteiger charge is -2.22. The Morgan fingerprint density at radius 1 is 1.47 bits per heavy atom. The summed E-state index contributed by atoms with van der Waals surface area (Å²) in [5.74, 6) is 0. The molecule has 1 aromatic rings. The number of nitro benzene ring substituents is 1. The molecule has 0 unspecified atom stereocenters. The van der Waals surface area contributed by atoms with Gasteiger partial charge in [-0.1, -0.05) is 12.1 Å². The number of nitrogens with one attached hydrogen (secondary N) is 1. The molecule has 0 fully saturated rings. The number of non-ortho nitro benzene ring substituents is 1. The molecule has 94 valence electrons. The summed E-state index contributed by atoms with van der Waals surface area (Å²) < 4.78 is 0. The molecule has 0 aliphatic rings. The second-order valence-corrected chi connectivity index (χ2v) is 5.00. The van der Waals surface area contributed by atoms with Crippen LogP contribution in [0.25, 0.3) is 0 Å². The lowest BCUT2D eigenvalue weighted by Crippen LogP contribution is -2.38. The summed E-state index contributed by atoms with van der Waals surface area (Å²) in [5.41, 5.74) is 0.454. The van der Waals surface area contributed by atoms with Crippen LogP contribution in [0.4, 0.5) is 5.69 Å². The summed E-state index contributed by atoms with van der Waals surface area (Å²) in [5, 5.41) is 23.7. The van der Waals surface area contributed by atoms with Crippen LogP contribution in [0.15, 0.2) is 24.3 Å². The van der Waals surface area contributed by atoms with Gasteiger partial charge in [0.2, 0.25) is 0 Å². The zero-order chi connectivity index (χ0) is 13.1. The van der Waals surface area contributed by atoms with Crippen LogP contribution < -0.4 is 5.32 Å². The summed E-state index contributed by atoms with van der Waals surface area (Å²) in [6.07, 6.45) is -0.742. The summed E-state index contributed by atoms with van der Waals surface area (Å²) in [4.78, 5) is 10.1. The van der Waals surface area contributed by atoms with E-state index < -0.39 is 11.0 Å². The van der Waals surface area contributed by atoms with Gasteiger partial charge in [-0.15, -0.1) is 0 Å². The molecule has 0 radical (unpaired) electrons. The van der Waals surface area contributed by atoms with Crippen molar-refractivity contribution >= 4 is 5.69 Å². The van der Waals surface area contributed by atoms with Crippen LogP contribution in [0.3, 0.4) is 0 Å². The summed E-state index contributed by atoms with van der Waals surface area (Å²) in [6.45, 7) is 6.35. The van der Waals surface area contributed by atoms with Crippen LogP contribution in [0.2, 0.25) is 0 Å². The van der Waals surface area contributed by atoms with E-state index in [9.17, 15) is 15.2 Å². The first-order valence-electron chi connectivity index (χ1n) is 5.47. The Morgan fingerprint density at radius 3 is 2.65 bits per heavy atom. The SMILES string of the molecule is CC(C)(C)NC[C@@H](O)c1cccc([N+](=O)[O-])c1. The minimum absolute atomic E-state index is 0.00249. The molecule has 5 nitrogen and oxygen atoms in total. The van der Waals surface area contributed by atoms with Gasteiger partial charge in [0.25, 0.3) is 5.69 Å². The number of aliphatic hydroxyl groups is 1. The third-order valence-corrected chi connectivity index (χ3v) is 2.29. The largest absolute Gasteiger partial charge is 0.387 e. The van der Waals surface area contributed by atoms with Crippen LogP contribution in [0.1, 0.15) is 32.4 Å². The quantitative estimate of drug-likeness (QED) is 0.621. The zero-order valence-electron chi connectivity index (χ0n) is 10.3. The summed E-state index contributed by atoms with van der Waals surface area (Å²) >= 11 is 0. The first-order chi connectivity index (χ1) is 7.79. The van der Waals surface area contributed by atoms with E-state index in [-0.39, 0.29) is 11.2 Å². The molecule has 0 saturated carbocycles. The van der Waals surface area contributed by atoms with Gasteiger partial charge in [0.05, 0.1) is 11.0 Å². The van der Waals surface area contributed by atoms with E-state index in [0.717, 1.165) is 0 Å². The first-order valence-corrected chi connectivity index (χ1v) is 5.47. The van der Waals surface area contributed by atoms with Crippen molar-refractivity contribution in [3.63, 3.8) is 0 Å². The van der Waals surface area contributed by atoms with Crippen LogP contribution in [0.5, 0.6) is 0 Å². The van der Waals surface area contributed by atoms with Crippen LogP contribution in [-0.2, 0) is 0 Å². The maximum absolute atomic E-state index is 10.6. The number of hydrogen-bond donors (Lipinski definition) is 2. The topological polar surface area (TPSA) is 75.4 Å². The Hall–Kier alpha value is -1.46. The molecule has 5 heteroatoms. The van der Waals surface area contributed by atoms with Gasteiger partial charge in [-0.05, 0) is 26.3 Å².